The largest absolute Gasteiger partial charge is 0.339 e. The number of benzene rings is 1. The first kappa shape index (κ1) is 10.6. The molecule has 82 valence electrons. The smallest absolute Gasteiger partial charge is 0.253 e. The molecule has 0 N–H and O–H groups in total. The van der Waals surface area contributed by atoms with Gasteiger partial charge in [-0.2, -0.15) is 4.99 Å². The first-order chi connectivity index (χ1) is 7.81. The average Bonchev–Trinajstić information content (AvgIpc) is 2.82. The minimum absolute atomic E-state index is 0.0143. The lowest BCUT2D eigenvalue weighted by Crippen LogP contribution is -2.27. The lowest BCUT2D eigenvalue weighted by Gasteiger charge is -2.14. The Kier molecular flexibility index (Phi) is 3.13. The van der Waals surface area contributed by atoms with E-state index in [4.69, 9.17) is 0 Å². The molecule has 0 radical (unpaired) electrons. The molecule has 4 nitrogen and oxygen atoms in total. The monoisotopic (exact) mass is 216 g/mol. The van der Waals surface area contributed by atoms with Crippen LogP contribution in [0.5, 0.6) is 0 Å². The van der Waals surface area contributed by atoms with E-state index in [1.165, 1.54) is 6.08 Å². The summed E-state index contributed by atoms with van der Waals surface area (Å²) in [7, 11) is 0. The van der Waals surface area contributed by atoms with Crippen molar-refractivity contribution in [2.45, 2.75) is 12.8 Å². The average molecular weight is 216 g/mol. The van der Waals surface area contributed by atoms with Crippen LogP contribution in [-0.2, 0) is 4.79 Å². The molecule has 1 amide bonds. The van der Waals surface area contributed by atoms with Crippen LogP contribution in [0.4, 0.5) is 5.69 Å². The highest BCUT2D eigenvalue weighted by Crippen LogP contribution is 2.17. The Balaban J connectivity index is 2.22. The molecule has 0 spiro atoms. The second-order valence-electron chi connectivity index (χ2n) is 3.75. The number of hydrogen-bond donors (Lipinski definition) is 0. The molecular formula is C12H12N2O2. The first-order valence-corrected chi connectivity index (χ1v) is 5.28. The Morgan fingerprint density at radius 1 is 1.31 bits per heavy atom. The second kappa shape index (κ2) is 4.73. The molecule has 1 aromatic rings. The molecule has 1 aliphatic heterocycles. The van der Waals surface area contributed by atoms with Crippen molar-refractivity contribution in [3.05, 3.63) is 29.8 Å². The number of amides is 1. The summed E-state index contributed by atoms with van der Waals surface area (Å²) in [5.41, 5.74) is 1.05. The van der Waals surface area contributed by atoms with Crippen LogP contribution < -0.4 is 0 Å². The van der Waals surface area contributed by atoms with Crippen molar-refractivity contribution in [3.8, 4) is 0 Å². The summed E-state index contributed by atoms with van der Waals surface area (Å²) < 4.78 is 0. The number of rotatable bonds is 2. The van der Waals surface area contributed by atoms with Gasteiger partial charge in [0, 0.05) is 18.7 Å². The maximum Gasteiger partial charge on any atom is 0.253 e. The van der Waals surface area contributed by atoms with Crippen LogP contribution in [0.1, 0.15) is 23.2 Å². The normalized spacial score (nSPS) is 14.6. The topological polar surface area (TPSA) is 49.7 Å². The van der Waals surface area contributed by atoms with Crippen LogP contribution in [0.15, 0.2) is 29.3 Å². The van der Waals surface area contributed by atoms with Gasteiger partial charge in [0.15, 0.2) is 0 Å². The van der Waals surface area contributed by atoms with E-state index in [1.807, 2.05) is 4.90 Å². The van der Waals surface area contributed by atoms with E-state index in [2.05, 4.69) is 4.99 Å². The summed E-state index contributed by atoms with van der Waals surface area (Å²) in [5, 5.41) is 0. The minimum atomic E-state index is 0.0143. The molecule has 0 saturated carbocycles. The van der Waals surface area contributed by atoms with Gasteiger partial charge in [-0.15, -0.1) is 0 Å². The zero-order valence-electron chi connectivity index (χ0n) is 8.85. The fourth-order valence-corrected chi connectivity index (χ4v) is 1.86. The molecule has 1 saturated heterocycles. The molecule has 0 aromatic heterocycles. The van der Waals surface area contributed by atoms with Crippen LogP contribution in [0, 0.1) is 0 Å². The van der Waals surface area contributed by atoms with Gasteiger partial charge in [0.1, 0.15) is 0 Å². The number of isocyanates is 1. The fourth-order valence-electron chi connectivity index (χ4n) is 1.86. The molecule has 0 atom stereocenters. The predicted molar refractivity (Wildman–Crippen MR) is 59.4 cm³/mol. The third-order valence-corrected chi connectivity index (χ3v) is 2.66. The fraction of sp³-hybridized carbons (Fsp3) is 0.333. The van der Waals surface area contributed by atoms with E-state index >= 15 is 0 Å². The van der Waals surface area contributed by atoms with Crippen molar-refractivity contribution in [3.63, 3.8) is 0 Å². The predicted octanol–water partition coefficient (Wildman–Crippen LogP) is 1.89. The Hall–Kier alpha value is -1.93. The summed E-state index contributed by atoms with van der Waals surface area (Å²) in [4.78, 5) is 27.4. The lowest BCUT2D eigenvalue weighted by atomic mass is 10.2. The van der Waals surface area contributed by atoms with E-state index in [0.717, 1.165) is 25.9 Å². The van der Waals surface area contributed by atoms with E-state index in [9.17, 15) is 9.59 Å². The number of likely N-dealkylation sites (tertiary alicyclic amines) is 1. The van der Waals surface area contributed by atoms with Crippen LogP contribution in [0.3, 0.4) is 0 Å². The summed E-state index contributed by atoms with van der Waals surface area (Å²) in [6.07, 6.45) is 3.60. The minimum Gasteiger partial charge on any atom is -0.339 e. The van der Waals surface area contributed by atoms with Crippen LogP contribution >= 0.6 is 0 Å². The highest BCUT2D eigenvalue weighted by molar-refractivity contribution is 5.95. The molecule has 0 aliphatic carbocycles. The van der Waals surface area contributed by atoms with Crippen molar-refractivity contribution in [1.29, 1.82) is 0 Å². The Labute approximate surface area is 93.6 Å². The molecule has 0 unspecified atom stereocenters. The van der Waals surface area contributed by atoms with Gasteiger partial charge in [0.2, 0.25) is 6.08 Å². The highest BCUT2D eigenvalue weighted by atomic mass is 16.2. The maximum absolute atomic E-state index is 12.0. The van der Waals surface area contributed by atoms with Crippen LogP contribution in [0.2, 0.25) is 0 Å². The molecule has 16 heavy (non-hydrogen) atoms. The van der Waals surface area contributed by atoms with E-state index < -0.39 is 0 Å². The molecule has 1 aliphatic rings. The Morgan fingerprint density at radius 2 is 2.06 bits per heavy atom. The van der Waals surface area contributed by atoms with E-state index in [-0.39, 0.29) is 5.91 Å². The summed E-state index contributed by atoms with van der Waals surface area (Å²) >= 11 is 0. The number of carbonyl (C=O) groups is 1. The third-order valence-electron chi connectivity index (χ3n) is 2.66. The molecule has 1 aromatic carbocycles. The number of aliphatic imine (C=N–C) groups is 1. The van der Waals surface area contributed by atoms with Gasteiger partial charge in [0.05, 0.1) is 5.69 Å². The second-order valence-corrected chi connectivity index (χ2v) is 3.75. The summed E-state index contributed by atoms with van der Waals surface area (Å²) in [6, 6.07) is 6.75. The first-order valence-electron chi connectivity index (χ1n) is 5.28. The molecule has 0 bridgehead atoms. The van der Waals surface area contributed by atoms with Crippen LogP contribution in [0.25, 0.3) is 0 Å². The molecule has 2 rings (SSSR count). The zero-order valence-corrected chi connectivity index (χ0v) is 8.85. The van der Waals surface area contributed by atoms with Crippen molar-refractivity contribution in [2.75, 3.05) is 13.1 Å². The van der Waals surface area contributed by atoms with Gasteiger partial charge in [-0.25, -0.2) is 4.79 Å². The number of nitrogens with zero attached hydrogens (tertiary/aromatic N) is 2. The quantitative estimate of drug-likeness (QED) is 0.560. The molecule has 4 heteroatoms. The Morgan fingerprint density at radius 3 is 2.75 bits per heavy atom. The molecule has 1 fully saturated rings. The van der Waals surface area contributed by atoms with Gasteiger partial charge < -0.3 is 4.90 Å². The van der Waals surface area contributed by atoms with Gasteiger partial charge in [-0.3, -0.25) is 4.79 Å². The van der Waals surface area contributed by atoms with Crippen molar-refractivity contribution < 1.29 is 9.59 Å². The van der Waals surface area contributed by atoms with E-state index in [1.54, 1.807) is 24.3 Å². The Bertz CT molecular complexity index is 444. The van der Waals surface area contributed by atoms with Gasteiger partial charge in [-0.1, -0.05) is 6.07 Å². The SMILES string of the molecule is O=C=Nc1cccc(C(=O)N2CCCC2)c1. The zero-order chi connectivity index (χ0) is 11.4. The highest BCUT2D eigenvalue weighted by Gasteiger charge is 2.19. The maximum atomic E-state index is 12.0. The van der Waals surface area contributed by atoms with Crippen LogP contribution in [-0.4, -0.2) is 30.0 Å². The van der Waals surface area contributed by atoms with Gasteiger partial charge >= 0.3 is 0 Å². The summed E-state index contributed by atoms with van der Waals surface area (Å²) in [5.74, 6) is 0.0143. The van der Waals surface area contributed by atoms with E-state index in [0.29, 0.717) is 11.3 Å². The molecular weight excluding hydrogens is 204 g/mol. The van der Waals surface area contributed by atoms with Gasteiger partial charge in [-0.05, 0) is 31.0 Å². The lowest BCUT2D eigenvalue weighted by molar-refractivity contribution is 0.0793. The van der Waals surface area contributed by atoms with Crippen molar-refractivity contribution >= 4 is 17.7 Å². The third kappa shape index (κ3) is 2.18. The number of carbonyl (C=O) groups excluding carboxylic acids is 2. The standard InChI is InChI=1S/C12H12N2O2/c15-9-13-11-5-3-4-10(8-11)12(16)14-6-1-2-7-14/h3-5,8H,1-2,6-7H2. The van der Waals surface area contributed by atoms with Crippen molar-refractivity contribution in [1.82, 2.24) is 4.90 Å². The van der Waals surface area contributed by atoms with Crippen molar-refractivity contribution in [2.24, 2.45) is 4.99 Å². The molecule has 1 heterocycles. The van der Waals surface area contributed by atoms with Gasteiger partial charge in [0.25, 0.3) is 5.91 Å². The summed E-state index contributed by atoms with van der Waals surface area (Å²) in [6.45, 7) is 1.64. The number of hydrogen-bond acceptors (Lipinski definition) is 3.